The van der Waals surface area contributed by atoms with Crippen LogP contribution in [0, 0.1) is 5.82 Å². The topological polar surface area (TPSA) is 156 Å². The molecule has 1 atom stereocenters. The van der Waals surface area contributed by atoms with E-state index in [-0.39, 0.29) is 41.1 Å². The minimum absolute atomic E-state index is 0.0236. The summed E-state index contributed by atoms with van der Waals surface area (Å²) in [6.45, 7) is -0.132. The second-order valence-corrected chi connectivity index (χ2v) is 8.66. The van der Waals surface area contributed by atoms with E-state index < -0.39 is 34.7 Å². The van der Waals surface area contributed by atoms with Gasteiger partial charge in [0.25, 0.3) is 0 Å². The van der Waals surface area contributed by atoms with Crippen molar-refractivity contribution in [3.63, 3.8) is 0 Å². The van der Waals surface area contributed by atoms with E-state index in [1.807, 2.05) is 0 Å². The van der Waals surface area contributed by atoms with Crippen LogP contribution in [-0.2, 0) is 24.1 Å². The highest BCUT2D eigenvalue weighted by Gasteiger charge is 2.19. The Balaban J connectivity index is 2.08. The van der Waals surface area contributed by atoms with Crippen molar-refractivity contribution in [2.75, 3.05) is 25.9 Å². The van der Waals surface area contributed by atoms with Crippen molar-refractivity contribution in [2.45, 2.75) is 13.0 Å². The Hall–Kier alpha value is -3.97. The number of hydrogen-bond donors (Lipinski definition) is 4. The SMILES string of the molecule is CNS(=O)Nc1cccc(Cc2c(CNC(N)=O)c3ccc(OC(=O)N(C)C)cc3oc2=O)c1F. The Labute approximate surface area is 202 Å². The summed E-state index contributed by atoms with van der Waals surface area (Å²) in [6, 6.07) is 8.03. The first-order chi connectivity index (χ1) is 16.6. The van der Waals surface area contributed by atoms with Gasteiger partial charge in [-0.3, -0.25) is 4.72 Å². The minimum atomic E-state index is -1.71. The molecule has 35 heavy (non-hydrogen) atoms. The number of hydrogen-bond acceptors (Lipinski definition) is 6. The number of nitrogens with zero attached hydrogens (tertiary/aromatic N) is 1. The highest BCUT2D eigenvalue weighted by Crippen LogP contribution is 2.28. The molecule has 0 bridgehead atoms. The molecule has 0 aliphatic carbocycles. The van der Waals surface area contributed by atoms with E-state index >= 15 is 4.39 Å². The maximum Gasteiger partial charge on any atom is 0.414 e. The van der Waals surface area contributed by atoms with Crippen LogP contribution in [0.25, 0.3) is 11.0 Å². The number of urea groups is 1. The number of benzene rings is 2. The lowest BCUT2D eigenvalue weighted by molar-refractivity contribution is 0.172. The maximum absolute atomic E-state index is 15.1. The van der Waals surface area contributed by atoms with Crippen molar-refractivity contribution in [2.24, 2.45) is 5.73 Å². The van der Waals surface area contributed by atoms with Crippen LogP contribution in [0.5, 0.6) is 5.75 Å². The van der Waals surface area contributed by atoms with Crippen molar-refractivity contribution in [3.05, 3.63) is 69.3 Å². The van der Waals surface area contributed by atoms with Gasteiger partial charge in [-0.15, -0.1) is 0 Å². The molecule has 186 valence electrons. The van der Waals surface area contributed by atoms with E-state index in [0.717, 1.165) is 0 Å². The lowest BCUT2D eigenvalue weighted by Gasteiger charge is -2.15. The van der Waals surface area contributed by atoms with Crippen LogP contribution in [0.2, 0.25) is 0 Å². The molecule has 5 N–H and O–H groups in total. The Morgan fingerprint density at radius 3 is 2.60 bits per heavy atom. The van der Waals surface area contributed by atoms with Gasteiger partial charge in [0, 0.05) is 44.1 Å². The molecule has 3 aromatic rings. The third kappa shape index (κ3) is 6.13. The van der Waals surface area contributed by atoms with Crippen molar-refractivity contribution in [1.29, 1.82) is 0 Å². The second kappa shape index (κ2) is 11.0. The van der Waals surface area contributed by atoms with E-state index in [0.29, 0.717) is 10.9 Å². The van der Waals surface area contributed by atoms with E-state index in [9.17, 15) is 18.6 Å². The smallest absolute Gasteiger partial charge is 0.414 e. The molecule has 3 rings (SSSR count). The monoisotopic (exact) mass is 505 g/mol. The number of nitrogens with two attached hydrogens (primary N) is 1. The van der Waals surface area contributed by atoms with Crippen molar-refractivity contribution >= 4 is 40.0 Å². The summed E-state index contributed by atoms with van der Waals surface area (Å²) in [4.78, 5) is 37.4. The number of ether oxygens (including phenoxy) is 1. The molecule has 0 radical (unpaired) electrons. The zero-order chi connectivity index (χ0) is 25.7. The summed E-state index contributed by atoms with van der Waals surface area (Å²) in [5, 5.41) is 2.87. The molecule has 13 heteroatoms. The van der Waals surface area contributed by atoms with Crippen LogP contribution < -0.4 is 30.9 Å². The summed E-state index contributed by atoms with van der Waals surface area (Å²) >= 11 is -1.71. The Kier molecular flexibility index (Phi) is 8.04. The van der Waals surface area contributed by atoms with Gasteiger partial charge in [0.05, 0.1) is 5.69 Å². The normalized spacial score (nSPS) is 11.7. The molecular weight excluding hydrogens is 481 g/mol. The number of nitrogens with one attached hydrogen (secondary N) is 3. The fourth-order valence-corrected chi connectivity index (χ4v) is 3.69. The van der Waals surface area contributed by atoms with Gasteiger partial charge >= 0.3 is 17.7 Å². The number of primary amides is 1. The van der Waals surface area contributed by atoms with Gasteiger partial charge in [-0.1, -0.05) is 12.1 Å². The number of fused-ring (bicyclic) bond motifs is 1. The van der Waals surface area contributed by atoms with Crippen molar-refractivity contribution < 1.29 is 27.3 Å². The summed E-state index contributed by atoms with van der Waals surface area (Å²) in [5.74, 6) is -0.557. The molecule has 1 unspecified atom stereocenters. The molecule has 0 saturated heterocycles. The summed E-state index contributed by atoms with van der Waals surface area (Å²) in [6.07, 6.45) is -0.805. The van der Waals surface area contributed by atoms with Crippen LogP contribution in [0.4, 0.5) is 19.7 Å². The van der Waals surface area contributed by atoms with Crippen molar-refractivity contribution in [3.8, 4) is 5.75 Å². The molecule has 11 nitrogen and oxygen atoms in total. The molecule has 0 aliphatic rings. The van der Waals surface area contributed by atoms with Gasteiger partial charge in [0.1, 0.15) is 11.3 Å². The van der Waals surface area contributed by atoms with E-state index in [4.69, 9.17) is 14.9 Å². The number of halogens is 1. The number of anilines is 1. The number of rotatable bonds is 8. The van der Waals surface area contributed by atoms with Gasteiger partial charge in [0.2, 0.25) is 0 Å². The minimum Gasteiger partial charge on any atom is -0.422 e. The van der Waals surface area contributed by atoms with Crippen LogP contribution in [0.15, 0.2) is 45.6 Å². The van der Waals surface area contributed by atoms with E-state index in [1.165, 1.54) is 50.3 Å². The lowest BCUT2D eigenvalue weighted by atomic mass is 9.97. The molecule has 3 amide bonds. The molecule has 2 aromatic carbocycles. The first-order valence-corrected chi connectivity index (χ1v) is 11.4. The van der Waals surface area contributed by atoms with Crippen LogP contribution in [0.3, 0.4) is 0 Å². The zero-order valence-corrected chi connectivity index (χ0v) is 20.0. The van der Waals surface area contributed by atoms with Gasteiger partial charge in [0.15, 0.2) is 17.0 Å². The Bertz CT molecular complexity index is 1360. The predicted molar refractivity (Wildman–Crippen MR) is 129 cm³/mol. The highest BCUT2D eigenvalue weighted by molar-refractivity contribution is 7.84. The molecule has 1 heterocycles. The molecular formula is C22H24FN5O6S. The first kappa shape index (κ1) is 25.6. The maximum atomic E-state index is 15.1. The van der Waals surface area contributed by atoms with Crippen molar-refractivity contribution in [1.82, 2.24) is 14.9 Å². The summed E-state index contributed by atoms with van der Waals surface area (Å²) < 4.78 is 42.4. The largest absolute Gasteiger partial charge is 0.422 e. The van der Waals surface area contributed by atoms with Gasteiger partial charge in [-0.25, -0.2) is 27.7 Å². The molecule has 1 aromatic heterocycles. The highest BCUT2D eigenvalue weighted by atomic mass is 32.2. The molecule has 0 aliphatic heterocycles. The number of carbonyl (C=O) groups is 2. The molecule has 0 fully saturated rings. The standard InChI is InChI=1S/C22H24FN5O6S/c1-25-35(32)27-17-6-4-5-12(19(17)23)9-15-16(11-26-21(24)30)14-8-7-13(33-22(31)28(2)3)10-18(14)34-20(15)29/h4-8,10,25,27H,9,11H2,1-3H3,(H3,24,26,30). The Morgan fingerprint density at radius 1 is 1.20 bits per heavy atom. The van der Waals surface area contributed by atoms with Crippen LogP contribution in [0.1, 0.15) is 16.7 Å². The lowest BCUT2D eigenvalue weighted by Crippen LogP contribution is -2.30. The summed E-state index contributed by atoms with van der Waals surface area (Å²) in [7, 11) is 4.48. The van der Waals surface area contributed by atoms with E-state index in [1.54, 1.807) is 12.1 Å². The quantitative estimate of drug-likeness (QED) is 0.343. The number of carbonyl (C=O) groups excluding carboxylic acids is 2. The van der Waals surface area contributed by atoms with E-state index in [2.05, 4.69) is 14.8 Å². The Morgan fingerprint density at radius 2 is 1.94 bits per heavy atom. The number of amides is 3. The van der Waals surface area contributed by atoms with Crippen LogP contribution in [-0.4, -0.2) is 42.4 Å². The average Bonchev–Trinajstić information content (AvgIpc) is 2.80. The third-order valence-electron chi connectivity index (χ3n) is 4.94. The average molecular weight is 506 g/mol. The molecule has 0 saturated carbocycles. The zero-order valence-electron chi connectivity index (χ0n) is 19.1. The molecule has 0 spiro atoms. The van der Waals surface area contributed by atoms with Gasteiger partial charge in [-0.05, 0) is 36.4 Å². The fourth-order valence-electron chi connectivity index (χ4n) is 3.23. The third-order valence-corrected chi connectivity index (χ3v) is 5.71. The van der Waals surface area contributed by atoms with Crippen LogP contribution >= 0.6 is 0 Å². The summed E-state index contributed by atoms with van der Waals surface area (Å²) in [5.41, 5.74) is 5.11. The second-order valence-electron chi connectivity index (χ2n) is 7.52. The fraction of sp³-hybridized carbons (Fsp3) is 0.227. The van der Waals surface area contributed by atoms with Gasteiger partial charge < -0.3 is 25.1 Å². The first-order valence-electron chi connectivity index (χ1n) is 10.2. The predicted octanol–water partition coefficient (Wildman–Crippen LogP) is 1.96. The van der Waals surface area contributed by atoms with Gasteiger partial charge in [-0.2, -0.15) is 0 Å².